The fourth-order valence-electron chi connectivity index (χ4n) is 2.20. The second-order valence-corrected chi connectivity index (χ2v) is 5.59. The summed E-state index contributed by atoms with van der Waals surface area (Å²) in [6.07, 6.45) is 0. The molecule has 3 rings (SSSR count). The zero-order chi connectivity index (χ0) is 18.7. The van der Waals surface area contributed by atoms with Crippen molar-refractivity contribution in [2.75, 3.05) is 6.61 Å². The van der Waals surface area contributed by atoms with Crippen LogP contribution in [0.25, 0.3) is 10.9 Å². The molecule has 132 valence electrons. The highest BCUT2D eigenvalue weighted by molar-refractivity contribution is 6.30. The van der Waals surface area contributed by atoms with Gasteiger partial charge in [-0.25, -0.2) is 0 Å². The van der Waals surface area contributed by atoms with E-state index in [1.807, 2.05) is 0 Å². The lowest BCUT2D eigenvalue weighted by atomic mass is 10.2. The van der Waals surface area contributed by atoms with Crippen LogP contribution in [0.5, 0.6) is 11.6 Å². The topological polar surface area (TPSA) is 130 Å². The van der Waals surface area contributed by atoms with Crippen LogP contribution < -0.4 is 4.74 Å². The molecule has 26 heavy (non-hydrogen) atoms. The summed E-state index contributed by atoms with van der Waals surface area (Å²) in [5, 5.41) is 28.6. The second kappa shape index (κ2) is 7.19. The minimum absolute atomic E-state index is 0.0696. The summed E-state index contributed by atoms with van der Waals surface area (Å²) in [4.78, 5) is 24.7. The fourth-order valence-corrected chi connectivity index (χ4v) is 2.38. The molecule has 0 aliphatic carbocycles. The van der Waals surface area contributed by atoms with Crippen LogP contribution in [0.2, 0.25) is 5.02 Å². The zero-order valence-corrected chi connectivity index (χ0v) is 13.8. The van der Waals surface area contributed by atoms with E-state index in [2.05, 4.69) is 15.2 Å². The normalized spacial score (nSPS) is 11.1. The molecule has 9 nitrogen and oxygen atoms in total. The molecule has 0 bridgehead atoms. The third-order valence-corrected chi connectivity index (χ3v) is 3.60. The molecule has 2 N–H and O–H groups in total. The average molecular weight is 375 g/mol. The Balaban J connectivity index is 1.77. The van der Waals surface area contributed by atoms with Gasteiger partial charge >= 0.3 is 5.91 Å². The SMILES string of the molecule is O=C(COc1cccc(Cl)c1)N=Nc1c(O)[nH]c2ccc([N+](=O)[O-])cc12. The zero-order valence-electron chi connectivity index (χ0n) is 13.0. The van der Waals surface area contributed by atoms with Gasteiger partial charge in [0.1, 0.15) is 5.75 Å². The number of aromatic amines is 1. The van der Waals surface area contributed by atoms with E-state index < -0.39 is 10.8 Å². The second-order valence-electron chi connectivity index (χ2n) is 5.15. The fraction of sp³-hybridized carbons (Fsp3) is 0.0625. The Kier molecular flexibility index (Phi) is 4.81. The molecule has 0 spiro atoms. The number of rotatable bonds is 5. The van der Waals surface area contributed by atoms with Crippen LogP contribution >= 0.6 is 11.6 Å². The van der Waals surface area contributed by atoms with Gasteiger partial charge in [0, 0.05) is 22.5 Å². The van der Waals surface area contributed by atoms with Crippen LogP contribution in [0.4, 0.5) is 11.4 Å². The van der Waals surface area contributed by atoms with E-state index in [1.54, 1.807) is 18.2 Å². The Bertz CT molecular complexity index is 1030. The molecule has 0 radical (unpaired) electrons. The molecular formula is C16H11ClN4O5. The number of ether oxygens (including phenoxy) is 1. The van der Waals surface area contributed by atoms with Crippen molar-refractivity contribution >= 4 is 39.8 Å². The molecule has 0 aliphatic rings. The predicted octanol–water partition coefficient (Wildman–Crippen LogP) is 4.12. The molecule has 0 unspecified atom stereocenters. The van der Waals surface area contributed by atoms with E-state index in [9.17, 15) is 20.0 Å². The Morgan fingerprint density at radius 3 is 2.85 bits per heavy atom. The van der Waals surface area contributed by atoms with E-state index in [4.69, 9.17) is 16.3 Å². The molecule has 0 saturated heterocycles. The lowest BCUT2D eigenvalue weighted by molar-refractivity contribution is -0.384. The van der Waals surface area contributed by atoms with Crippen LogP contribution in [0.15, 0.2) is 52.7 Å². The summed E-state index contributed by atoms with van der Waals surface area (Å²) in [6.45, 7) is -0.382. The highest BCUT2D eigenvalue weighted by Gasteiger charge is 2.15. The first-order valence-corrected chi connectivity index (χ1v) is 7.64. The molecule has 0 aliphatic heterocycles. The first kappa shape index (κ1) is 17.4. The maximum atomic E-state index is 11.8. The number of nitro groups is 1. The third-order valence-electron chi connectivity index (χ3n) is 3.37. The quantitative estimate of drug-likeness (QED) is 0.394. The van der Waals surface area contributed by atoms with Crippen molar-refractivity contribution in [1.29, 1.82) is 0 Å². The lowest BCUT2D eigenvalue weighted by Crippen LogP contribution is -2.07. The number of aromatic hydroxyl groups is 1. The number of aromatic nitrogens is 1. The van der Waals surface area contributed by atoms with Crippen LogP contribution in [0, 0.1) is 10.1 Å². The number of hydrogen-bond acceptors (Lipinski definition) is 6. The van der Waals surface area contributed by atoms with Crippen molar-refractivity contribution in [3.05, 3.63) is 57.6 Å². The number of carbonyl (C=O) groups is 1. The van der Waals surface area contributed by atoms with Crippen molar-refractivity contribution in [1.82, 2.24) is 4.98 Å². The van der Waals surface area contributed by atoms with Gasteiger partial charge in [0.2, 0.25) is 5.88 Å². The molecule has 1 amide bonds. The van der Waals surface area contributed by atoms with Gasteiger partial charge in [-0.3, -0.25) is 14.9 Å². The van der Waals surface area contributed by atoms with Gasteiger partial charge in [-0.15, -0.1) is 10.2 Å². The first-order chi connectivity index (χ1) is 12.4. The molecule has 10 heteroatoms. The summed E-state index contributed by atoms with van der Waals surface area (Å²) >= 11 is 5.81. The molecule has 0 atom stereocenters. The van der Waals surface area contributed by atoms with Gasteiger partial charge in [0.05, 0.1) is 10.4 Å². The number of halogens is 1. The van der Waals surface area contributed by atoms with E-state index in [0.29, 0.717) is 16.3 Å². The minimum atomic E-state index is -0.704. The Hall–Kier alpha value is -3.46. The van der Waals surface area contributed by atoms with Crippen molar-refractivity contribution in [3.63, 3.8) is 0 Å². The van der Waals surface area contributed by atoms with Gasteiger partial charge in [-0.2, -0.15) is 0 Å². The number of benzene rings is 2. The molecule has 2 aromatic carbocycles. The van der Waals surface area contributed by atoms with Crippen LogP contribution in [0.3, 0.4) is 0 Å². The Morgan fingerprint density at radius 1 is 1.31 bits per heavy atom. The van der Waals surface area contributed by atoms with E-state index >= 15 is 0 Å². The van der Waals surface area contributed by atoms with Crippen LogP contribution in [-0.4, -0.2) is 27.5 Å². The molecule has 3 aromatic rings. The van der Waals surface area contributed by atoms with Crippen LogP contribution in [-0.2, 0) is 4.79 Å². The van der Waals surface area contributed by atoms with Crippen molar-refractivity contribution in [3.8, 4) is 11.6 Å². The third kappa shape index (κ3) is 3.78. The van der Waals surface area contributed by atoms with Crippen molar-refractivity contribution in [2.24, 2.45) is 10.2 Å². The smallest absolute Gasteiger partial charge is 0.302 e. The number of fused-ring (bicyclic) bond motifs is 1. The van der Waals surface area contributed by atoms with Gasteiger partial charge in [-0.05, 0) is 24.3 Å². The number of nitro benzene ring substituents is 1. The van der Waals surface area contributed by atoms with E-state index in [1.165, 1.54) is 24.3 Å². The number of hydrogen-bond donors (Lipinski definition) is 2. The largest absolute Gasteiger partial charge is 0.493 e. The first-order valence-electron chi connectivity index (χ1n) is 7.26. The highest BCUT2D eigenvalue weighted by atomic mass is 35.5. The van der Waals surface area contributed by atoms with E-state index in [0.717, 1.165) is 0 Å². The number of nitrogens with one attached hydrogen (secondary N) is 1. The standard InChI is InChI=1S/C16H11ClN4O5/c17-9-2-1-3-11(6-9)26-8-14(22)19-20-15-12-7-10(21(24)25)4-5-13(12)18-16(15)23/h1-7,18,23H,8H2. The number of H-pyrrole nitrogens is 1. The van der Waals surface area contributed by atoms with Crippen molar-refractivity contribution in [2.45, 2.75) is 0 Å². The molecular weight excluding hydrogens is 364 g/mol. The average Bonchev–Trinajstić information content (AvgIpc) is 2.92. The van der Waals surface area contributed by atoms with Gasteiger partial charge in [0.25, 0.3) is 5.69 Å². The minimum Gasteiger partial charge on any atom is -0.493 e. The summed E-state index contributed by atoms with van der Waals surface area (Å²) in [7, 11) is 0. The number of azo groups is 1. The molecule has 1 heterocycles. The van der Waals surface area contributed by atoms with Crippen LogP contribution in [0.1, 0.15) is 0 Å². The summed E-state index contributed by atoms with van der Waals surface area (Å²) in [5.41, 5.74) is 0.174. The highest BCUT2D eigenvalue weighted by Crippen LogP contribution is 2.37. The molecule has 0 fully saturated rings. The number of carbonyl (C=O) groups excluding carboxylic acids is 1. The maximum absolute atomic E-state index is 11.8. The predicted molar refractivity (Wildman–Crippen MR) is 93.1 cm³/mol. The number of amides is 1. The van der Waals surface area contributed by atoms with Gasteiger partial charge < -0.3 is 14.8 Å². The lowest BCUT2D eigenvalue weighted by Gasteiger charge is -2.02. The molecule has 0 saturated carbocycles. The number of non-ortho nitro benzene ring substituents is 1. The monoisotopic (exact) mass is 374 g/mol. The molecule has 1 aromatic heterocycles. The maximum Gasteiger partial charge on any atom is 0.302 e. The van der Waals surface area contributed by atoms with E-state index in [-0.39, 0.29) is 29.2 Å². The van der Waals surface area contributed by atoms with Gasteiger partial charge in [-0.1, -0.05) is 17.7 Å². The Labute approximate surface area is 151 Å². The Morgan fingerprint density at radius 2 is 2.12 bits per heavy atom. The summed E-state index contributed by atoms with van der Waals surface area (Å²) < 4.78 is 5.24. The summed E-state index contributed by atoms with van der Waals surface area (Å²) in [6, 6.07) is 10.4. The van der Waals surface area contributed by atoms with Crippen molar-refractivity contribution < 1.29 is 19.6 Å². The summed E-state index contributed by atoms with van der Waals surface area (Å²) in [5.74, 6) is -0.663. The van der Waals surface area contributed by atoms with Gasteiger partial charge in [0.15, 0.2) is 12.3 Å². The number of nitrogens with zero attached hydrogens (tertiary/aromatic N) is 3.